The molecule has 2 atom stereocenters. The number of aryl methyl sites for hydroxylation is 1. The summed E-state index contributed by atoms with van der Waals surface area (Å²) in [4.78, 5) is 4.21. The van der Waals surface area contributed by atoms with Gasteiger partial charge >= 0.3 is 0 Å². The van der Waals surface area contributed by atoms with Crippen molar-refractivity contribution in [3.63, 3.8) is 0 Å². The molecule has 1 aromatic heterocycles. The van der Waals surface area contributed by atoms with Crippen molar-refractivity contribution in [2.75, 3.05) is 0 Å². The molecule has 2 rings (SSSR count). The fraction of sp³-hybridized carbons (Fsp3) is 0.769. The second-order valence-corrected chi connectivity index (χ2v) is 4.77. The number of nitrogens with zero attached hydrogens (tertiary/aromatic N) is 1. The Morgan fingerprint density at radius 2 is 2.24 bits per heavy atom. The van der Waals surface area contributed by atoms with Gasteiger partial charge in [0.1, 0.15) is 5.76 Å². The molecular weight excluding hydrogens is 216 g/mol. The summed E-state index contributed by atoms with van der Waals surface area (Å²) in [5, 5.41) is 13.3. The van der Waals surface area contributed by atoms with Crippen LogP contribution in [0, 0.1) is 0 Å². The Labute approximate surface area is 102 Å². The molecule has 17 heavy (non-hydrogen) atoms. The number of aromatic nitrogens is 1. The molecule has 1 aliphatic rings. The van der Waals surface area contributed by atoms with Crippen LogP contribution in [0.25, 0.3) is 0 Å². The first kappa shape index (κ1) is 12.6. The SMILES string of the molecule is CCc1cnc(CNC2CCCCCC2O)o1. The van der Waals surface area contributed by atoms with Crippen LogP contribution in [0.15, 0.2) is 10.6 Å². The summed E-state index contributed by atoms with van der Waals surface area (Å²) in [5.41, 5.74) is 0. The second kappa shape index (κ2) is 6.17. The third-order valence-electron chi connectivity index (χ3n) is 3.44. The molecule has 1 fully saturated rings. The van der Waals surface area contributed by atoms with E-state index in [1.54, 1.807) is 6.20 Å². The molecule has 1 aromatic rings. The number of hydrogen-bond donors (Lipinski definition) is 2. The van der Waals surface area contributed by atoms with Crippen molar-refractivity contribution in [1.82, 2.24) is 10.3 Å². The van der Waals surface area contributed by atoms with Gasteiger partial charge in [-0.2, -0.15) is 0 Å². The lowest BCUT2D eigenvalue weighted by Crippen LogP contribution is -2.38. The smallest absolute Gasteiger partial charge is 0.208 e. The fourth-order valence-electron chi connectivity index (χ4n) is 2.34. The van der Waals surface area contributed by atoms with E-state index in [1.807, 2.05) is 6.92 Å². The molecule has 1 heterocycles. The number of rotatable bonds is 4. The van der Waals surface area contributed by atoms with Gasteiger partial charge in [0.2, 0.25) is 5.89 Å². The van der Waals surface area contributed by atoms with E-state index < -0.39 is 0 Å². The number of aliphatic hydroxyl groups is 1. The molecule has 0 aliphatic heterocycles. The zero-order valence-corrected chi connectivity index (χ0v) is 10.5. The summed E-state index contributed by atoms with van der Waals surface area (Å²) in [6.45, 7) is 2.66. The highest BCUT2D eigenvalue weighted by molar-refractivity contribution is 4.94. The van der Waals surface area contributed by atoms with E-state index in [2.05, 4.69) is 10.3 Å². The minimum atomic E-state index is -0.224. The molecule has 1 saturated carbocycles. The van der Waals surface area contributed by atoms with Gasteiger partial charge < -0.3 is 14.8 Å². The van der Waals surface area contributed by atoms with Crippen LogP contribution in [0.1, 0.15) is 50.7 Å². The maximum atomic E-state index is 9.96. The average Bonchev–Trinajstić information content (AvgIpc) is 2.70. The van der Waals surface area contributed by atoms with Gasteiger partial charge in [-0.25, -0.2) is 4.98 Å². The first-order valence-electron chi connectivity index (χ1n) is 6.64. The lowest BCUT2D eigenvalue weighted by molar-refractivity contribution is 0.118. The van der Waals surface area contributed by atoms with Gasteiger partial charge in [0.25, 0.3) is 0 Å². The van der Waals surface area contributed by atoms with Crippen molar-refractivity contribution in [2.45, 2.75) is 64.1 Å². The van der Waals surface area contributed by atoms with Crippen LogP contribution >= 0.6 is 0 Å². The highest BCUT2D eigenvalue weighted by Crippen LogP contribution is 2.18. The fourth-order valence-corrected chi connectivity index (χ4v) is 2.34. The molecule has 4 nitrogen and oxygen atoms in total. The first-order valence-corrected chi connectivity index (χ1v) is 6.64. The van der Waals surface area contributed by atoms with Crippen molar-refractivity contribution in [3.05, 3.63) is 17.8 Å². The Morgan fingerprint density at radius 1 is 1.41 bits per heavy atom. The van der Waals surface area contributed by atoms with Gasteiger partial charge in [-0.15, -0.1) is 0 Å². The summed E-state index contributed by atoms with van der Waals surface area (Å²) in [5.74, 6) is 1.64. The lowest BCUT2D eigenvalue weighted by Gasteiger charge is -2.20. The van der Waals surface area contributed by atoms with Crippen molar-refractivity contribution >= 4 is 0 Å². The molecule has 1 aliphatic carbocycles. The topological polar surface area (TPSA) is 58.3 Å². The van der Waals surface area contributed by atoms with E-state index in [-0.39, 0.29) is 12.1 Å². The summed E-state index contributed by atoms with van der Waals surface area (Å²) < 4.78 is 5.54. The normalized spacial score (nSPS) is 25.8. The van der Waals surface area contributed by atoms with E-state index in [1.165, 1.54) is 12.8 Å². The quantitative estimate of drug-likeness (QED) is 0.788. The minimum Gasteiger partial charge on any atom is -0.444 e. The Hall–Kier alpha value is -0.870. The zero-order chi connectivity index (χ0) is 12.1. The van der Waals surface area contributed by atoms with Crippen LogP contribution in [0.3, 0.4) is 0 Å². The minimum absolute atomic E-state index is 0.189. The summed E-state index contributed by atoms with van der Waals surface area (Å²) in [6, 6.07) is 0.189. The summed E-state index contributed by atoms with van der Waals surface area (Å²) in [6.07, 6.45) is 7.94. The highest BCUT2D eigenvalue weighted by Gasteiger charge is 2.21. The molecule has 4 heteroatoms. The third kappa shape index (κ3) is 3.54. The zero-order valence-electron chi connectivity index (χ0n) is 10.5. The number of aliphatic hydroxyl groups excluding tert-OH is 1. The molecule has 0 bridgehead atoms. The first-order chi connectivity index (χ1) is 8.29. The summed E-state index contributed by atoms with van der Waals surface area (Å²) in [7, 11) is 0. The molecule has 2 N–H and O–H groups in total. The van der Waals surface area contributed by atoms with Crippen molar-refractivity contribution in [1.29, 1.82) is 0 Å². The maximum Gasteiger partial charge on any atom is 0.208 e. The number of oxazole rings is 1. The lowest BCUT2D eigenvalue weighted by atomic mass is 10.1. The predicted molar refractivity (Wildman–Crippen MR) is 65.6 cm³/mol. The maximum absolute atomic E-state index is 9.96. The molecule has 0 amide bonds. The van der Waals surface area contributed by atoms with Gasteiger partial charge in [-0.1, -0.05) is 26.2 Å². The standard InChI is InChI=1S/C13H22N2O2/c1-2-10-8-15-13(17-10)9-14-11-6-4-3-5-7-12(11)16/h8,11-12,14,16H,2-7,9H2,1H3. The van der Waals surface area contributed by atoms with E-state index in [0.29, 0.717) is 6.54 Å². The van der Waals surface area contributed by atoms with Crippen LogP contribution in [-0.2, 0) is 13.0 Å². The van der Waals surface area contributed by atoms with Crippen molar-refractivity contribution < 1.29 is 9.52 Å². The summed E-state index contributed by atoms with van der Waals surface area (Å²) >= 11 is 0. The van der Waals surface area contributed by atoms with E-state index in [9.17, 15) is 5.11 Å². The van der Waals surface area contributed by atoms with E-state index in [0.717, 1.165) is 37.3 Å². The Balaban J connectivity index is 1.83. The average molecular weight is 238 g/mol. The predicted octanol–water partition coefficient (Wildman–Crippen LogP) is 2.02. The Bertz CT molecular complexity index is 338. The van der Waals surface area contributed by atoms with Gasteiger partial charge in [-0.3, -0.25) is 0 Å². The van der Waals surface area contributed by atoms with Gasteiger partial charge in [-0.05, 0) is 12.8 Å². The molecular formula is C13H22N2O2. The highest BCUT2D eigenvalue weighted by atomic mass is 16.4. The van der Waals surface area contributed by atoms with Crippen LogP contribution < -0.4 is 5.32 Å². The van der Waals surface area contributed by atoms with Crippen molar-refractivity contribution in [3.8, 4) is 0 Å². The van der Waals surface area contributed by atoms with Crippen molar-refractivity contribution in [2.24, 2.45) is 0 Å². The van der Waals surface area contributed by atoms with E-state index in [4.69, 9.17) is 4.42 Å². The largest absolute Gasteiger partial charge is 0.444 e. The van der Waals surface area contributed by atoms with Crippen LogP contribution in [0.5, 0.6) is 0 Å². The number of nitrogens with one attached hydrogen (secondary N) is 1. The molecule has 0 aromatic carbocycles. The van der Waals surface area contributed by atoms with E-state index >= 15 is 0 Å². The van der Waals surface area contributed by atoms with Gasteiger partial charge in [0, 0.05) is 12.5 Å². The third-order valence-corrected chi connectivity index (χ3v) is 3.44. The van der Waals surface area contributed by atoms with Crippen LogP contribution in [-0.4, -0.2) is 22.2 Å². The molecule has 0 saturated heterocycles. The van der Waals surface area contributed by atoms with Gasteiger partial charge in [0.15, 0.2) is 0 Å². The monoisotopic (exact) mass is 238 g/mol. The Morgan fingerprint density at radius 3 is 3.00 bits per heavy atom. The number of hydrogen-bond acceptors (Lipinski definition) is 4. The van der Waals surface area contributed by atoms with Gasteiger partial charge in [0.05, 0.1) is 18.8 Å². The second-order valence-electron chi connectivity index (χ2n) is 4.77. The molecule has 2 unspecified atom stereocenters. The van der Waals surface area contributed by atoms with Crippen LogP contribution in [0.4, 0.5) is 0 Å². The molecule has 0 radical (unpaired) electrons. The molecule has 0 spiro atoms. The molecule has 96 valence electrons. The van der Waals surface area contributed by atoms with Crippen LogP contribution in [0.2, 0.25) is 0 Å². The Kier molecular flexibility index (Phi) is 4.57.